The molecule has 140 valence electrons. The van der Waals surface area contributed by atoms with Crippen molar-refractivity contribution in [3.05, 3.63) is 70.4 Å². The van der Waals surface area contributed by atoms with Crippen LogP contribution in [0.3, 0.4) is 0 Å². The Morgan fingerprint density at radius 1 is 1.00 bits per heavy atom. The maximum atomic E-state index is 6.09. The molecule has 0 fully saturated rings. The minimum atomic E-state index is 0.548. The molecule has 1 aromatic heterocycles. The Balaban J connectivity index is 1.65. The Hall–Kier alpha value is -2.79. The van der Waals surface area contributed by atoms with Gasteiger partial charge in [0.15, 0.2) is 0 Å². The van der Waals surface area contributed by atoms with Crippen molar-refractivity contribution in [1.82, 2.24) is 9.97 Å². The largest absolute Gasteiger partial charge is 0.497 e. The molecule has 27 heavy (non-hydrogen) atoms. The van der Waals surface area contributed by atoms with Crippen LogP contribution in [0.4, 0.5) is 17.5 Å². The maximum absolute atomic E-state index is 6.09. The minimum Gasteiger partial charge on any atom is -0.497 e. The fourth-order valence-electron chi connectivity index (χ4n) is 2.69. The quantitative estimate of drug-likeness (QED) is 0.591. The Bertz CT molecular complexity index is 913. The fraction of sp³-hybridized carbons (Fsp3) is 0.238. The zero-order chi connectivity index (χ0) is 19.2. The molecule has 0 radical (unpaired) electrons. The van der Waals surface area contributed by atoms with Gasteiger partial charge in [-0.1, -0.05) is 29.8 Å². The van der Waals surface area contributed by atoms with Crippen LogP contribution in [0.15, 0.2) is 48.5 Å². The summed E-state index contributed by atoms with van der Waals surface area (Å²) < 4.78 is 5.19. The van der Waals surface area contributed by atoms with E-state index in [4.69, 9.17) is 16.3 Å². The maximum Gasteiger partial charge on any atom is 0.229 e. The van der Waals surface area contributed by atoms with Gasteiger partial charge in [0.2, 0.25) is 5.95 Å². The van der Waals surface area contributed by atoms with E-state index in [2.05, 4.69) is 32.7 Å². The van der Waals surface area contributed by atoms with Gasteiger partial charge in [-0.05, 0) is 55.7 Å². The lowest BCUT2D eigenvalue weighted by Crippen LogP contribution is -2.09. The van der Waals surface area contributed by atoms with E-state index in [-0.39, 0.29) is 0 Å². The van der Waals surface area contributed by atoms with Crippen molar-refractivity contribution in [1.29, 1.82) is 0 Å². The van der Waals surface area contributed by atoms with Gasteiger partial charge < -0.3 is 15.4 Å². The van der Waals surface area contributed by atoms with Crippen LogP contribution in [0, 0.1) is 13.8 Å². The Morgan fingerprint density at radius 3 is 2.52 bits per heavy atom. The first-order valence-electron chi connectivity index (χ1n) is 8.79. The SMILES string of the molecule is COc1ccc(CCNc2cc(C)nc(Nc3cc(Cl)ccc3C)n2)cc1. The number of hydrogen-bond acceptors (Lipinski definition) is 5. The van der Waals surface area contributed by atoms with E-state index in [1.807, 2.05) is 50.2 Å². The molecule has 0 saturated heterocycles. The summed E-state index contributed by atoms with van der Waals surface area (Å²) in [5.41, 5.74) is 4.11. The number of rotatable bonds is 7. The molecule has 0 aliphatic rings. The van der Waals surface area contributed by atoms with E-state index in [0.717, 1.165) is 41.5 Å². The summed E-state index contributed by atoms with van der Waals surface area (Å²) in [5, 5.41) is 7.30. The summed E-state index contributed by atoms with van der Waals surface area (Å²) in [6.45, 7) is 4.74. The van der Waals surface area contributed by atoms with Gasteiger partial charge in [-0.25, -0.2) is 4.98 Å². The Labute approximate surface area is 164 Å². The smallest absolute Gasteiger partial charge is 0.229 e. The standard InChI is InChI=1S/C21H23ClN4O/c1-14-4-7-17(22)13-19(14)25-21-24-15(2)12-20(26-21)23-11-10-16-5-8-18(27-3)9-6-16/h4-9,12-13H,10-11H2,1-3H3,(H2,23,24,25,26). The zero-order valence-electron chi connectivity index (χ0n) is 15.7. The summed E-state index contributed by atoms with van der Waals surface area (Å²) >= 11 is 6.09. The van der Waals surface area contributed by atoms with Crippen molar-refractivity contribution in [3.63, 3.8) is 0 Å². The van der Waals surface area contributed by atoms with Crippen molar-refractivity contribution in [2.45, 2.75) is 20.3 Å². The zero-order valence-corrected chi connectivity index (χ0v) is 16.5. The van der Waals surface area contributed by atoms with Crippen LogP contribution < -0.4 is 15.4 Å². The molecule has 6 heteroatoms. The number of halogens is 1. The van der Waals surface area contributed by atoms with Crippen LogP contribution in [-0.2, 0) is 6.42 Å². The summed E-state index contributed by atoms with van der Waals surface area (Å²) in [6.07, 6.45) is 0.892. The lowest BCUT2D eigenvalue weighted by atomic mass is 10.1. The van der Waals surface area contributed by atoms with E-state index in [1.165, 1.54) is 5.56 Å². The molecule has 2 N–H and O–H groups in total. The van der Waals surface area contributed by atoms with Crippen LogP contribution >= 0.6 is 11.6 Å². The molecule has 0 aliphatic heterocycles. The highest BCUT2D eigenvalue weighted by Crippen LogP contribution is 2.23. The van der Waals surface area contributed by atoms with Gasteiger partial charge in [0, 0.05) is 29.0 Å². The van der Waals surface area contributed by atoms with Crippen molar-refractivity contribution in [2.24, 2.45) is 0 Å². The number of hydrogen-bond donors (Lipinski definition) is 2. The number of nitrogens with zero attached hydrogens (tertiary/aromatic N) is 2. The second-order valence-corrected chi connectivity index (χ2v) is 6.76. The van der Waals surface area contributed by atoms with Gasteiger partial charge in [-0.3, -0.25) is 0 Å². The summed E-state index contributed by atoms with van der Waals surface area (Å²) in [7, 11) is 1.67. The molecule has 0 spiro atoms. The normalized spacial score (nSPS) is 10.5. The average molecular weight is 383 g/mol. The Morgan fingerprint density at radius 2 is 1.78 bits per heavy atom. The van der Waals surface area contributed by atoms with E-state index in [1.54, 1.807) is 7.11 Å². The number of benzene rings is 2. The number of aromatic nitrogens is 2. The third-order valence-electron chi connectivity index (χ3n) is 4.18. The second kappa shape index (κ2) is 8.73. The van der Waals surface area contributed by atoms with Gasteiger partial charge in [0.05, 0.1) is 7.11 Å². The fourth-order valence-corrected chi connectivity index (χ4v) is 2.86. The second-order valence-electron chi connectivity index (χ2n) is 6.33. The van der Waals surface area contributed by atoms with Crippen molar-refractivity contribution >= 4 is 29.1 Å². The monoisotopic (exact) mass is 382 g/mol. The molecular weight excluding hydrogens is 360 g/mol. The van der Waals surface area contributed by atoms with Crippen molar-refractivity contribution < 1.29 is 4.74 Å². The molecule has 3 rings (SSSR count). The first-order valence-corrected chi connectivity index (χ1v) is 9.17. The lowest BCUT2D eigenvalue weighted by Gasteiger charge is -2.12. The molecule has 0 aliphatic carbocycles. The number of methoxy groups -OCH3 is 1. The molecule has 0 amide bonds. The highest BCUT2D eigenvalue weighted by Gasteiger charge is 2.06. The van der Waals surface area contributed by atoms with Crippen molar-refractivity contribution in [3.8, 4) is 5.75 Å². The third kappa shape index (κ3) is 5.34. The molecule has 0 bridgehead atoms. The minimum absolute atomic E-state index is 0.548. The summed E-state index contributed by atoms with van der Waals surface area (Å²) in [6, 6.07) is 15.7. The molecule has 2 aromatic carbocycles. The molecular formula is C21H23ClN4O. The lowest BCUT2D eigenvalue weighted by molar-refractivity contribution is 0.414. The predicted octanol–water partition coefficient (Wildman–Crippen LogP) is 5.15. The number of ether oxygens (including phenoxy) is 1. The van der Waals surface area contributed by atoms with Crippen LogP contribution in [0.5, 0.6) is 5.75 Å². The molecule has 0 unspecified atom stereocenters. The summed E-state index contributed by atoms with van der Waals surface area (Å²) in [4.78, 5) is 9.03. The van der Waals surface area contributed by atoms with Gasteiger partial charge in [0.1, 0.15) is 11.6 Å². The van der Waals surface area contributed by atoms with E-state index in [9.17, 15) is 0 Å². The average Bonchev–Trinajstić information content (AvgIpc) is 2.65. The van der Waals surface area contributed by atoms with Crippen LogP contribution in [0.1, 0.15) is 16.8 Å². The predicted molar refractivity (Wildman–Crippen MR) is 111 cm³/mol. The van der Waals surface area contributed by atoms with E-state index in [0.29, 0.717) is 11.0 Å². The number of aryl methyl sites for hydroxylation is 2. The van der Waals surface area contributed by atoms with Gasteiger partial charge in [0.25, 0.3) is 0 Å². The van der Waals surface area contributed by atoms with Gasteiger partial charge >= 0.3 is 0 Å². The molecule has 1 heterocycles. The number of anilines is 3. The van der Waals surface area contributed by atoms with Crippen LogP contribution in [0.25, 0.3) is 0 Å². The van der Waals surface area contributed by atoms with E-state index < -0.39 is 0 Å². The first-order chi connectivity index (χ1) is 13.0. The van der Waals surface area contributed by atoms with Gasteiger partial charge in [-0.15, -0.1) is 0 Å². The Kier molecular flexibility index (Phi) is 6.14. The highest BCUT2D eigenvalue weighted by molar-refractivity contribution is 6.30. The van der Waals surface area contributed by atoms with Crippen molar-refractivity contribution in [2.75, 3.05) is 24.3 Å². The number of nitrogens with one attached hydrogen (secondary N) is 2. The molecule has 0 saturated carbocycles. The topological polar surface area (TPSA) is 59.1 Å². The van der Waals surface area contributed by atoms with Gasteiger partial charge in [-0.2, -0.15) is 4.98 Å². The molecule has 0 atom stereocenters. The highest BCUT2D eigenvalue weighted by atomic mass is 35.5. The van der Waals surface area contributed by atoms with Crippen LogP contribution in [-0.4, -0.2) is 23.6 Å². The van der Waals surface area contributed by atoms with Crippen LogP contribution in [0.2, 0.25) is 5.02 Å². The summed E-state index contributed by atoms with van der Waals surface area (Å²) in [5.74, 6) is 2.20. The third-order valence-corrected chi connectivity index (χ3v) is 4.41. The molecule has 3 aromatic rings. The molecule has 5 nitrogen and oxygen atoms in total. The first kappa shape index (κ1) is 19.0. The van der Waals surface area contributed by atoms with E-state index >= 15 is 0 Å².